The summed E-state index contributed by atoms with van der Waals surface area (Å²) in [7, 11) is -3.48. The Bertz CT molecular complexity index is 1220. The molecule has 3 N–H and O–H groups in total. The standard InChI is InChI=1S/C22H23ClN4O2S2/c1-3-11-31(28,29)27-16-6-4-5-15(20(16)23)19-13(2)12-18(14-7-8-14)30-21(19)17-9-10-25-22(24)26-17/h4-6,9-10,12,14,27H,2-3,7-8,11H2,1H3,(H2,24,25,26). The van der Waals surface area contributed by atoms with Crippen molar-refractivity contribution in [1.82, 2.24) is 9.97 Å². The molecular formula is C22H23ClN4O2S2. The van der Waals surface area contributed by atoms with Crippen molar-refractivity contribution < 1.29 is 8.42 Å². The number of nitrogens with zero attached hydrogens (tertiary/aromatic N) is 2. The molecule has 4 rings (SSSR count). The van der Waals surface area contributed by atoms with E-state index in [1.807, 2.05) is 19.1 Å². The maximum atomic E-state index is 12.3. The van der Waals surface area contributed by atoms with Gasteiger partial charge in [-0.05, 0) is 53.9 Å². The van der Waals surface area contributed by atoms with E-state index in [0.717, 1.165) is 28.9 Å². The van der Waals surface area contributed by atoms with Crippen molar-refractivity contribution >= 4 is 55.5 Å². The molecule has 1 aliphatic heterocycles. The average molecular weight is 475 g/mol. The van der Waals surface area contributed by atoms with Crippen molar-refractivity contribution in [3.05, 3.63) is 69.9 Å². The third kappa shape index (κ3) is 4.81. The molecule has 2 aliphatic rings. The molecule has 0 atom stereocenters. The number of sulfonamides is 1. The van der Waals surface area contributed by atoms with Gasteiger partial charge in [0.15, 0.2) is 0 Å². The summed E-state index contributed by atoms with van der Waals surface area (Å²) >= 11 is 8.36. The summed E-state index contributed by atoms with van der Waals surface area (Å²) < 4.78 is 27.2. The normalized spacial score (nSPS) is 17.0. The predicted octanol–water partition coefficient (Wildman–Crippen LogP) is 5.33. The van der Waals surface area contributed by atoms with Gasteiger partial charge in [-0.15, -0.1) is 0 Å². The molecule has 0 unspecified atom stereocenters. The summed E-state index contributed by atoms with van der Waals surface area (Å²) in [5.74, 6) is 0.753. The van der Waals surface area contributed by atoms with Gasteiger partial charge in [0.05, 0.1) is 22.2 Å². The number of halogens is 1. The van der Waals surface area contributed by atoms with Crippen molar-refractivity contribution in [2.24, 2.45) is 5.92 Å². The molecule has 0 radical (unpaired) electrons. The van der Waals surface area contributed by atoms with Crippen LogP contribution in [0.2, 0.25) is 5.02 Å². The third-order valence-electron chi connectivity index (χ3n) is 4.98. The van der Waals surface area contributed by atoms with Crippen LogP contribution in [-0.4, -0.2) is 24.1 Å². The van der Waals surface area contributed by atoms with Gasteiger partial charge in [-0.1, -0.05) is 49.0 Å². The highest BCUT2D eigenvalue weighted by atomic mass is 35.5. The summed E-state index contributed by atoms with van der Waals surface area (Å²) in [5.41, 5.74) is 9.19. The van der Waals surface area contributed by atoms with Crippen LogP contribution in [-0.2, 0) is 10.0 Å². The van der Waals surface area contributed by atoms with Crippen molar-refractivity contribution in [3.63, 3.8) is 0 Å². The molecule has 0 saturated heterocycles. The molecule has 162 valence electrons. The second-order valence-corrected chi connectivity index (χ2v) is 10.8. The van der Waals surface area contributed by atoms with Crippen LogP contribution < -0.4 is 10.5 Å². The number of benzene rings is 1. The van der Waals surface area contributed by atoms with E-state index >= 15 is 0 Å². The van der Waals surface area contributed by atoms with Gasteiger partial charge >= 0.3 is 0 Å². The first kappa shape index (κ1) is 21.9. The zero-order chi connectivity index (χ0) is 22.2. The minimum Gasteiger partial charge on any atom is -0.368 e. The molecule has 1 saturated carbocycles. The molecule has 2 aromatic rings. The van der Waals surface area contributed by atoms with Crippen molar-refractivity contribution in [1.29, 1.82) is 0 Å². The first-order valence-corrected chi connectivity index (χ1v) is 12.8. The van der Waals surface area contributed by atoms with E-state index in [4.69, 9.17) is 17.3 Å². The minimum absolute atomic E-state index is 0.0256. The molecule has 1 aliphatic carbocycles. The van der Waals surface area contributed by atoms with E-state index < -0.39 is 10.0 Å². The van der Waals surface area contributed by atoms with Gasteiger partial charge in [-0.3, -0.25) is 4.72 Å². The Kier molecular flexibility index (Phi) is 6.14. The van der Waals surface area contributed by atoms with Crippen molar-refractivity contribution in [2.75, 3.05) is 16.2 Å². The minimum atomic E-state index is -3.48. The Morgan fingerprint density at radius 3 is 2.77 bits per heavy atom. The second kappa shape index (κ2) is 8.68. The topological polar surface area (TPSA) is 98.0 Å². The summed E-state index contributed by atoms with van der Waals surface area (Å²) in [6.45, 7) is 6.10. The van der Waals surface area contributed by atoms with E-state index in [2.05, 4.69) is 27.3 Å². The largest absolute Gasteiger partial charge is 0.368 e. The monoisotopic (exact) mass is 474 g/mol. The fourth-order valence-electron chi connectivity index (χ4n) is 3.42. The molecule has 2 heterocycles. The Balaban J connectivity index is 1.84. The van der Waals surface area contributed by atoms with Gasteiger partial charge < -0.3 is 5.73 Å². The third-order valence-corrected chi connectivity index (χ3v) is 8.17. The van der Waals surface area contributed by atoms with Crippen LogP contribution in [0.3, 0.4) is 0 Å². The van der Waals surface area contributed by atoms with Crippen LogP contribution in [0.25, 0.3) is 10.5 Å². The fraction of sp³-hybridized carbons (Fsp3) is 0.273. The SMILES string of the molecule is C=C1C=C(C2CC2)SC(c2ccnc(N)n2)=C1c1cccc(NS(=O)(=O)CCC)c1Cl. The van der Waals surface area contributed by atoms with Crippen molar-refractivity contribution in [3.8, 4) is 0 Å². The van der Waals surface area contributed by atoms with Crippen LogP contribution >= 0.6 is 23.4 Å². The van der Waals surface area contributed by atoms with Gasteiger partial charge in [-0.25, -0.2) is 18.4 Å². The molecule has 6 nitrogen and oxygen atoms in total. The van der Waals surface area contributed by atoms with Crippen molar-refractivity contribution in [2.45, 2.75) is 26.2 Å². The van der Waals surface area contributed by atoms with Gasteiger partial charge in [0.25, 0.3) is 0 Å². The molecule has 1 aromatic heterocycles. The Hall–Kier alpha value is -2.29. The van der Waals surface area contributed by atoms with E-state index in [-0.39, 0.29) is 11.7 Å². The highest BCUT2D eigenvalue weighted by molar-refractivity contribution is 8.12. The van der Waals surface area contributed by atoms with Gasteiger partial charge in [0.1, 0.15) is 0 Å². The second-order valence-electron chi connectivity index (χ2n) is 7.54. The number of thioether (sulfide) groups is 1. The lowest BCUT2D eigenvalue weighted by atomic mass is 9.95. The number of nitrogens with one attached hydrogen (secondary N) is 1. The molecular weight excluding hydrogens is 452 g/mol. The smallest absolute Gasteiger partial charge is 0.232 e. The number of hydrogen-bond donors (Lipinski definition) is 2. The summed E-state index contributed by atoms with van der Waals surface area (Å²) in [5, 5.41) is 0.321. The first-order chi connectivity index (χ1) is 14.8. The van der Waals surface area contributed by atoms with E-state index in [0.29, 0.717) is 34.3 Å². The highest BCUT2D eigenvalue weighted by Gasteiger charge is 2.32. The van der Waals surface area contributed by atoms with E-state index in [1.54, 1.807) is 30.1 Å². The van der Waals surface area contributed by atoms with Gasteiger partial charge in [0.2, 0.25) is 16.0 Å². The van der Waals surface area contributed by atoms with Crippen LogP contribution in [0.4, 0.5) is 11.6 Å². The Morgan fingerprint density at radius 2 is 2.10 bits per heavy atom. The molecule has 31 heavy (non-hydrogen) atoms. The summed E-state index contributed by atoms with van der Waals surface area (Å²) in [6.07, 6.45) is 6.55. The maximum Gasteiger partial charge on any atom is 0.232 e. The zero-order valence-corrected chi connectivity index (χ0v) is 19.4. The molecule has 9 heteroatoms. The average Bonchev–Trinajstić information content (AvgIpc) is 3.54. The Labute approximate surface area is 191 Å². The molecule has 0 spiro atoms. The zero-order valence-electron chi connectivity index (χ0n) is 17.1. The van der Waals surface area contributed by atoms with Crippen LogP contribution in [0.15, 0.2) is 53.6 Å². The quantitative estimate of drug-likeness (QED) is 0.562. The van der Waals surface area contributed by atoms with E-state index in [1.165, 1.54) is 4.91 Å². The fourth-order valence-corrected chi connectivity index (χ4v) is 6.29. The molecule has 0 bridgehead atoms. The number of nitrogen functional groups attached to an aromatic ring is 1. The van der Waals surface area contributed by atoms with Gasteiger partial charge in [0, 0.05) is 22.2 Å². The van der Waals surface area contributed by atoms with Crippen LogP contribution in [0, 0.1) is 5.92 Å². The number of hydrogen-bond acceptors (Lipinski definition) is 6. The number of allylic oxidation sites excluding steroid dienone is 4. The number of rotatable bonds is 7. The van der Waals surface area contributed by atoms with Crippen LogP contribution in [0.1, 0.15) is 37.4 Å². The number of aromatic nitrogens is 2. The lowest BCUT2D eigenvalue weighted by molar-refractivity contribution is 0.600. The molecule has 1 aromatic carbocycles. The lowest BCUT2D eigenvalue weighted by Gasteiger charge is -2.24. The maximum absolute atomic E-state index is 12.3. The summed E-state index contributed by atoms with van der Waals surface area (Å²) in [4.78, 5) is 10.6. The first-order valence-electron chi connectivity index (χ1n) is 10.0. The number of nitrogens with two attached hydrogens (primary N) is 1. The predicted molar refractivity (Wildman–Crippen MR) is 130 cm³/mol. The molecule has 0 amide bonds. The lowest BCUT2D eigenvalue weighted by Crippen LogP contribution is -2.16. The summed E-state index contributed by atoms with van der Waals surface area (Å²) in [6, 6.07) is 7.11. The van der Waals surface area contributed by atoms with E-state index in [9.17, 15) is 8.42 Å². The van der Waals surface area contributed by atoms with Gasteiger partial charge in [-0.2, -0.15) is 0 Å². The highest BCUT2D eigenvalue weighted by Crippen LogP contribution is 2.54. The van der Waals surface area contributed by atoms with Crippen LogP contribution in [0.5, 0.6) is 0 Å². The molecule has 1 fully saturated rings. The number of anilines is 2. The Morgan fingerprint density at radius 1 is 1.32 bits per heavy atom.